The van der Waals surface area contributed by atoms with E-state index < -0.39 is 0 Å². The molecule has 0 bridgehead atoms. The second kappa shape index (κ2) is 117. The van der Waals surface area contributed by atoms with Crippen LogP contribution in [0.3, 0.4) is 0 Å². The number of rotatable bonds is 0. The SMILES string of the molecule is CC.CC.[B][B][B]. The summed E-state index contributed by atoms with van der Waals surface area (Å²) in [7, 11) is 10.0. The van der Waals surface area contributed by atoms with Crippen LogP contribution in [0.15, 0.2) is 0 Å². The van der Waals surface area contributed by atoms with Crippen LogP contribution in [0.1, 0.15) is 27.7 Å². The van der Waals surface area contributed by atoms with Gasteiger partial charge in [0.25, 0.3) is 0 Å². The normalized spacial score (nSPS) is 3.43. The standard InChI is InChI=1S/2C2H6.B3/c2*1-2;1-3-2/h2*1-2H3;. The summed E-state index contributed by atoms with van der Waals surface area (Å²) in [4.78, 5) is 0. The second-order valence-electron chi connectivity index (χ2n) is 0.192. The monoisotopic (exact) mass is 93.1 g/mol. The van der Waals surface area contributed by atoms with Crippen molar-refractivity contribution in [3.05, 3.63) is 0 Å². The average Bonchev–Trinajstić information content (AvgIpc) is 1.78. The Morgan fingerprint density at radius 2 is 0.857 bits per heavy atom. The van der Waals surface area contributed by atoms with Gasteiger partial charge in [-0.15, -0.1) is 0 Å². The fourth-order valence-corrected chi connectivity index (χ4v) is 0. The van der Waals surface area contributed by atoms with Crippen molar-refractivity contribution < 1.29 is 0 Å². The zero-order valence-electron chi connectivity index (χ0n) is 5.73. The minimum absolute atomic E-state index is 1.00. The van der Waals surface area contributed by atoms with Gasteiger partial charge in [-0.3, -0.25) is 0 Å². The Hall–Kier alpha value is 0.195. The molecule has 7 heavy (non-hydrogen) atoms. The lowest BCUT2D eigenvalue weighted by molar-refractivity contribution is 1.50. The minimum atomic E-state index is 1.00. The predicted octanol–water partition coefficient (Wildman–Crippen LogP) is 0.910. The molecular formula is C4H12B3. The Bertz CT molecular complexity index is 6.90. The van der Waals surface area contributed by atoms with Crippen molar-refractivity contribution in [1.82, 2.24) is 0 Å². The molecule has 0 saturated heterocycles. The zero-order chi connectivity index (χ0) is 6.71. The van der Waals surface area contributed by atoms with E-state index in [1.54, 1.807) is 0 Å². The highest BCUT2D eigenvalue weighted by Crippen LogP contribution is 1.15. The largest absolute Gasteiger partial charge is 0.0683 e. The molecule has 0 aliphatic carbocycles. The van der Waals surface area contributed by atoms with Gasteiger partial charge in [-0.1, -0.05) is 27.7 Å². The molecule has 0 aromatic rings. The van der Waals surface area contributed by atoms with Crippen LogP contribution in [0.25, 0.3) is 0 Å². The van der Waals surface area contributed by atoms with Crippen LogP contribution in [0.2, 0.25) is 0 Å². The first kappa shape index (κ1) is 15.7. The Balaban J connectivity index is -0.0000000360. The lowest BCUT2D eigenvalue weighted by Gasteiger charge is -1.41. The molecule has 0 saturated carbocycles. The van der Waals surface area contributed by atoms with Crippen molar-refractivity contribution >= 4 is 22.5 Å². The van der Waals surface area contributed by atoms with E-state index in [0.29, 0.717) is 0 Å². The highest BCUT2D eigenvalue weighted by atomic mass is 13.0. The smallest absolute Gasteiger partial charge is 0 e. The van der Waals surface area contributed by atoms with Crippen molar-refractivity contribution in [1.29, 1.82) is 0 Å². The van der Waals surface area contributed by atoms with Gasteiger partial charge in [-0.05, 0) is 0 Å². The molecule has 0 spiro atoms. The summed E-state index contributed by atoms with van der Waals surface area (Å²) in [6, 6.07) is 0. The molecule has 0 aliphatic heterocycles. The molecule has 0 fully saturated rings. The van der Waals surface area contributed by atoms with Gasteiger partial charge in [0.15, 0.2) is 0 Å². The van der Waals surface area contributed by atoms with E-state index in [-0.39, 0.29) is 0 Å². The van der Waals surface area contributed by atoms with E-state index in [0.717, 1.165) is 7.06 Å². The van der Waals surface area contributed by atoms with Crippen LogP contribution in [0, 0.1) is 0 Å². The van der Waals surface area contributed by atoms with Crippen molar-refractivity contribution in [3.8, 4) is 0 Å². The van der Waals surface area contributed by atoms with Gasteiger partial charge >= 0.3 is 0 Å². The summed E-state index contributed by atoms with van der Waals surface area (Å²) >= 11 is 0. The molecule has 37 valence electrons. The molecule has 0 aliphatic rings. The van der Waals surface area contributed by atoms with E-state index in [2.05, 4.69) is 15.5 Å². The number of hydrogen-bond donors (Lipinski definition) is 0. The Morgan fingerprint density at radius 1 is 0.857 bits per heavy atom. The molecule has 0 aromatic heterocycles. The van der Waals surface area contributed by atoms with E-state index in [9.17, 15) is 0 Å². The minimum Gasteiger partial charge on any atom is -0.0683 e. The van der Waals surface area contributed by atoms with Gasteiger partial charge in [-0.25, -0.2) is 0 Å². The molecule has 0 heterocycles. The van der Waals surface area contributed by atoms with Crippen molar-refractivity contribution in [2.75, 3.05) is 0 Å². The molecule has 5 radical (unpaired) electrons. The maximum absolute atomic E-state index is 4.50. The maximum atomic E-state index is 4.50. The van der Waals surface area contributed by atoms with Gasteiger partial charge in [0.05, 0.1) is 0 Å². The first-order valence-electron chi connectivity index (χ1n) is 2.67. The molecular weight excluding hydrogens is 80.5 g/mol. The maximum Gasteiger partial charge on any atom is 0 e. The number of hydrogen-bond acceptors (Lipinski definition) is 0. The Kier molecular flexibility index (Phi) is 262. The first-order valence-corrected chi connectivity index (χ1v) is 2.67. The quantitative estimate of drug-likeness (QED) is 0.390. The van der Waals surface area contributed by atoms with Crippen LogP contribution in [-0.2, 0) is 0 Å². The third-order valence-corrected chi connectivity index (χ3v) is 0. The Labute approximate surface area is 51.1 Å². The summed E-state index contributed by atoms with van der Waals surface area (Å²) in [6.07, 6.45) is 0. The fraction of sp³-hybridized carbons (Fsp3) is 1.00. The first-order chi connectivity index (χ1) is 3.41. The van der Waals surface area contributed by atoms with Crippen molar-refractivity contribution in [2.45, 2.75) is 27.7 Å². The van der Waals surface area contributed by atoms with E-state index in [1.165, 1.54) is 0 Å². The molecule has 0 aromatic carbocycles. The summed E-state index contributed by atoms with van der Waals surface area (Å²) in [5.41, 5.74) is 0. The van der Waals surface area contributed by atoms with Gasteiger partial charge in [-0.2, -0.15) is 0 Å². The lowest BCUT2D eigenvalue weighted by Crippen LogP contribution is -1.79. The van der Waals surface area contributed by atoms with E-state index in [4.69, 9.17) is 0 Å². The summed E-state index contributed by atoms with van der Waals surface area (Å²) < 4.78 is 0. The Morgan fingerprint density at radius 3 is 0.857 bits per heavy atom. The van der Waals surface area contributed by atoms with Crippen molar-refractivity contribution in [2.24, 2.45) is 0 Å². The molecule has 3 heteroatoms. The topological polar surface area (TPSA) is 0 Å². The molecule has 0 nitrogen and oxygen atoms in total. The predicted molar refractivity (Wildman–Crippen MR) is 40.0 cm³/mol. The highest BCUT2D eigenvalue weighted by molar-refractivity contribution is 7.17. The molecule has 0 amide bonds. The van der Waals surface area contributed by atoms with E-state index in [1.807, 2.05) is 27.7 Å². The molecule has 0 N–H and O–H groups in total. The van der Waals surface area contributed by atoms with Crippen LogP contribution in [0.4, 0.5) is 0 Å². The lowest BCUT2D eigenvalue weighted by atomic mass is 9.40. The molecule has 0 unspecified atom stereocenters. The van der Waals surface area contributed by atoms with Gasteiger partial charge in [0.2, 0.25) is 0 Å². The van der Waals surface area contributed by atoms with Crippen LogP contribution >= 0.6 is 0 Å². The molecule has 0 rings (SSSR count). The van der Waals surface area contributed by atoms with Crippen LogP contribution < -0.4 is 0 Å². The third kappa shape index (κ3) is 2870. The molecule has 0 atom stereocenters. The fourth-order valence-electron chi connectivity index (χ4n) is 0. The van der Waals surface area contributed by atoms with Crippen molar-refractivity contribution in [3.63, 3.8) is 0 Å². The van der Waals surface area contributed by atoms with Crippen LogP contribution in [0.5, 0.6) is 0 Å². The third-order valence-electron chi connectivity index (χ3n) is 0. The van der Waals surface area contributed by atoms with Gasteiger partial charge in [0, 0.05) is 22.5 Å². The van der Waals surface area contributed by atoms with Crippen LogP contribution in [-0.4, -0.2) is 22.5 Å². The summed E-state index contributed by atoms with van der Waals surface area (Å²) in [5.74, 6) is 0. The zero-order valence-corrected chi connectivity index (χ0v) is 5.73. The van der Waals surface area contributed by atoms with Gasteiger partial charge < -0.3 is 0 Å². The summed E-state index contributed by atoms with van der Waals surface area (Å²) in [5, 5.41) is 0. The van der Waals surface area contributed by atoms with Gasteiger partial charge in [0.1, 0.15) is 0 Å². The van der Waals surface area contributed by atoms with E-state index >= 15 is 0 Å². The summed E-state index contributed by atoms with van der Waals surface area (Å²) in [6.45, 7) is 8.00. The highest BCUT2D eigenvalue weighted by Gasteiger charge is 1.41. The second-order valence-corrected chi connectivity index (χ2v) is 0.192. The average molecular weight is 92.6 g/mol.